The van der Waals surface area contributed by atoms with E-state index in [1.54, 1.807) is 24.3 Å². The number of hydrogen-bond donors (Lipinski definition) is 1. The van der Waals surface area contributed by atoms with Gasteiger partial charge in [0, 0.05) is 11.6 Å². The number of anilines is 1. The predicted molar refractivity (Wildman–Crippen MR) is 75.1 cm³/mol. The number of carbonyl (C=O) groups is 2. The van der Waals surface area contributed by atoms with Crippen molar-refractivity contribution in [2.45, 2.75) is 40.2 Å². The predicted octanol–water partition coefficient (Wildman–Crippen LogP) is 3.24. The second-order valence-corrected chi connectivity index (χ2v) is 5.73. The van der Waals surface area contributed by atoms with Crippen LogP contribution in [-0.2, 0) is 9.53 Å². The maximum absolute atomic E-state index is 11.9. The molecule has 0 aromatic heterocycles. The van der Waals surface area contributed by atoms with E-state index in [1.165, 1.54) is 0 Å². The minimum Gasteiger partial charge on any atom is -0.456 e. The number of carbonyl (C=O) groups excluding carboxylic acids is 2. The number of ether oxygens (including phenoxy) is 1. The molecule has 0 radical (unpaired) electrons. The zero-order valence-electron chi connectivity index (χ0n) is 12.1. The smallest absolute Gasteiger partial charge is 0.338 e. The summed E-state index contributed by atoms with van der Waals surface area (Å²) in [6, 6.07) is 6.75. The van der Waals surface area contributed by atoms with Gasteiger partial charge in [-0.25, -0.2) is 4.79 Å². The summed E-state index contributed by atoms with van der Waals surface area (Å²) in [4.78, 5) is 23.5. The van der Waals surface area contributed by atoms with Crippen molar-refractivity contribution in [3.05, 3.63) is 29.8 Å². The van der Waals surface area contributed by atoms with Gasteiger partial charge in [-0.15, -0.1) is 0 Å². The largest absolute Gasteiger partial charge is 0.456 e. The molecule has 1 aromatic rings. The first-order valence-electron chi connectivity index (χ1n) is 6.33. The van der Waals surface area contributed by atoms with Gasteiger partial charge >= 0.3 is 5.97 Å². The van der Waals surface area contributed by atoms with Crippen LogP contribution in [0.2, 0.25) is 0 Å². The SMILES string of the molecule is CC(C)C(=O)Nc1cccc(C(=O)OC(C)(C)C)c1. The summed E-state index contributed by atoms with van der Waals surface area (Å²) in [6.07, 6.45) is 0. The second kappa shape index (κ2) is 5.87. The lowest BCUT2D eigenvalue weighted by Gasteiger charge is -2.19. The van der Waals surface area contributed by atoms with Gasteiger partial charge in [-0.3, -0.25) is 4.79 Å². The van der Waals surface area contributed by atoms with E-state index in [0.29, 0.717) is 11.3 Å². The first-order chi connectivity index (χ1) is 8.69. The van der Waals surface area contributed by atoms with Crippen LogP contribution < -0.4 is 5.32 Å². The molecule has 0 saturated heterocycles. The van der Waals surface area contributed by atoms with Crippen LogP contribution in [0, 0.1) is 5.92 Å². The summed E-state index contributed by atoms with van der Waals surface area (Å²) in [6.45, 7) is 9.07. The van der Waals surface area contributed by atoms with Gasteiger partial charge in [-0.2, -0.15) is 0 Å². The molecule has 4 nitrogen and oxygen atoms in total. The summed E-state index contributed by atoms with van der Waals surface area (Å²) in [5.41, 5.74) is 0.493. The third-order valence-corrected chi connectivity index (χ3v) is 2.29. The van der Waals surface area contributed by atoms with E-state index < -0.39 is 11.6 Å². The van der Waals surface area contributed by atoms with Crippen molar-refractivity contribution in [2.24, 2.45) is 5.92 Å². The van der Waals surface area contributed by atoms with E-state index in [0.717, 1.165) is 0 Å². The zero-order valence-corrected chi connectivity index (χ0v) is 12.1. The number of benzene rings is 1. The lowest BCUT2D eigenvalue weighted by molar-refractivity contribution is -0.118. The standard InChI is InChI=1S/C15H21NO3/c1-10(2)13(17)16-12-8-6-7-11(9-12)14(18)19-15(3,4)5/h6-10H,1-5H3,(H,16,17). The first kappa shape index (κ1) is 15.2. The summed E-state index contributed by atoms with van der Waals surface area (Å²) < 4.78 is 5.28. The fraction of sp³-hybridized carbons (Fsp3) is 0.467. The highest BCUT2D eigenvalue weighted by Crippen LogP contribution is 2.16. The third kappa shape index (κ3) is 5.12. The molecule has 0 bridgehead atoms. The third-order valence-electron chi connectivity index (χ3n) is 2.29. The molecule has 1 aromatic carbocycles. The lowest BCUT2D eigenvalue weighted by atomic mass is 10.1. The molecule has 1 rings (SSSR count). The second-order valence-electron chi connectivity index (χ2n) is 5.73. The van der Waals surface area contributed by atoms with E-state index in [4.69, 9.17) is 4.74 Å². The molecule has 104 valence electrons. The van der Waals surface area contributed by atoms with Crippen LogP contribution in [0.15, 0.2) is 24.3 Å². The molecule has 0 heterocycles. The molecule has 0 spiro atoms. The van der Waals surface area contributed by atoms with Gasteiger partial charge in [-0.1, -0.05) is 19.9 Å². The van der Waals surface area contributed by atoms with E-state index in [2.05, 4.69) is 5.32 Å². The molecule has 19 heavy (non-hydrogen) atoms. The van der Waals surface area contributed by atoms with Crippen LogP contribution in [0.25, 0.3) is 0 Å². The fourth-order valence-corrected chi connectivity index (χ4v) is 1.35. The van der Waals surface area contributed by atoms with E-state index >= 15 is 0 Å². The van der Waals surface area contributed by atoms with Crippen molar-refractivity contribution in [2.75, 3.05) is 5.32 Å². The van der Waals surface area contributed by atoms with Gasteiger partial charge in [0.25, 0.3) is 0 Å². The molecule has 0 aliphatic rings. The van der Waals surface area contributed by atoms with Crippen LogP contribution in [-0.4, -0.2) is 17.5 Å². The maximum Gasteiger partial charge on any atom is 0.338 e. The number of rotatable bonds is 3. The average Bonchev–Trinajstić information content (AvgIpc) is 2.27. The van der Waals surface area contributed by atoms with Crippen molar-refractivity contribution in [3.8, 4) is 0 Å². The van der Waals surface area contributed by atoms with Crippen molar-refractivity contribution < 1.29 is 14.3 Å². The molecule has 0 unspecified atom stereocenters. The Balaban J connectivity index is 2.83. The van der Waals surface area contributed by atoms with Crippen molar-refractivity contribution in [3.63, 3.8) is 0 Å². The van der Waals surface area contributed by atoms with Gasteiger partial charge in [0.05, 0.1) is 5.56 Å². The minimum atomic E-state index is -0.533. The number of nitrogens with one attached hydrogen (secondary N) is 1. The molecule has 0 atom stereocenters. The van der Waals surface area contributed by atoms with Crippen LogP contribution in [0.3, 0.4) is 0 Å². The van der Waals surface area contributed by atoms with E-state index in [9.17, 15) is 9.59 Å². The molecule has 0 saturated carbocycles. The van der Waals surface area contributed by atoms with Crippen LogP contribution >= 0.6 is 0 Å². The van der Waals surface area contributed by atoms with Crippen molar-refractivity contribution in [1.29, 1.82) is 0 Å². The van der Waals surface area contributed by atoms with Gasteiger partial charge in [-0.05, 0) is 39.0 Å². The monoisotopic (exact) mass is 263 g/mol. The highest BCUT2D eigenvalue weighted by molar-refractivity contribution is 5.95. The zero-order chi connectivity index (χ0) is 14.6. The number of hydrogen-bond acceptors (Lipinski definition) is 3. The van der Waals surface area contributed by atoms with Crippen molar-refractivity contribution in [1.82, 2.24) is 0 Å². The van der Waals surface area contributed by atoms with Crippen molar-refractivity contribution >= 4 is 17.6 Å². The Bertz CT molecular complexity index is 473. The summed E-state index contributed by atoms with van der Waals surface area (Å²) >= 11 is 0. The minimum absolute atomic E-state index is 0.0821. The van der Waals surface area contributed by atoms with E-state index in [-0.39, 0.29) is 11.8 Å². The average molecular weight is 263 g/mol. The summed E-state index contributed by atoms with van der Waals surface area (Å²) in [5.74, 6) is -0.584. The Labute approximate surface area is 114 Å². The maximum atomic E-state index is 11.9. The molecule has 4 heteroatoms. The van der Waals surface area contributed by atoms with E-state index in [1.807, 2.05) is 34.6 Å². The Kier molecular flexibility index (Phi) is 4.70. The van der Waals surface area contributed by atoms with Gasteiger partial charge in [0.15, 0.2) is 0 Å². The number of amides is 1. The Morgan fingerprint density at radius 2 is 1.84 bits per heavy atom. The molecule has 1 N–H and O–H groups in total. The Morgan fingerprint density at radius 1 is 1.21 bits per heavy atom. The molecule has 1 amide bonds. The Morgan fingerprint density at radius 3 is 2.37 bits per heavy atom. The fourth-order valence-electron chi connectivity index (χ4n) is 1.35. The van der Waals surface area contributed by atoms with Gasteiger partial charge < -0.3 is 10.1 Å². The molecule has 0 aliphatic heterocycles. The highest BCUT2D eigenvalue weighted by Gasteiger charge is 2.18. The highest BCUT2D eigenvalue weighted by atomic mass is 16.6. The molecule has 0 fully saturated rings. The van der Waals surface area contributed by atoms with Crippen LogP contribution in [0.1, 0.15) is 45.0 Å². The lowest BCUT2D eigenvalue weighted by Crippen LogP contribution is -2.24. The molecular formula is C15H21NO3. The quantitative estimate of drug-likeness (QED) is 0.852. The first-order valence-corrected chi connectivity index (χ1v) is 6.33. The van der Waals surface area contributed by atoms with Gasteiger partial charge in [0.2, 0.25) is 5.91 Å². The van der Waals surface area contributed by atoms with Crippen LogP contribution in [0.5, 0.6) is 0 Å². The normalized spacial score (nSPS) is 11.3. The number of esters is 1. The molecular weight excluding hydrogens is 242 g/mol. The topological polar surface area (TPSA) is 55.4 Å². The Hall–Kier alpha value is -1.84. The summed E-state index contributed by atoms with van der Waals surface area (Å²) in [7, 11) is 0. The summed E-state index contributed by atoms with van der Waals surface area (Å²) in [5, 5.41) is 2.75. The van der Waals surface area contributed by atoms with Crippen LogP contribution in [0.4, 0.5) is 5.69 Å². The van der Waals surface area contributed by atoms with Gasteiger partial charge in [0.1, 0.15) is 5.60 Å². The molecule has 0 aliphatic carbocycles.